The van der Waals surface area contributed by atoms with Crippen LogP contribution >= 0.6 is 15.9 Å². The number of rotatable bonds is 8. The molecular weight excluding hydrogens is 644 g/mol. The highest BCUT2D eigenvalue weighted by atomic mass is 79.9. The predicted molar refractivity (Wildman–Crippen MR) is 184 cm³/mol. The second kappa shape index (κ2) is 13.8. The van der Waals surface area contributed by atoms with Crippen LogP contribution in [0, 0.1) is 0 Å². The Morgan fingerprint density at radius 3 is 1.78 bits per heavy atom. The van der Waals surface area contributed by atoms with Gasteiger partial charge in [-0.3, -0.25) is 0 Å². The van der Waals surface area contributed by atoms with E-state index in [1.807, 2.05) is 84.9 Å². The Morgan fingerprint density at radius 2 is 1.20 bits per heavy atom. The molecule has 46 heavy (non-hydrogen) atoms. The van der Waals surface area contributed by atoms with Crippen molar-refractivity contribution in [1.29, 1.82) is 0 Å². The number of methoxy groups -OCH3 is 2. The summed E-state index contributed by atoms with van der Waals surface area (Å²) in [5, 5.41) is 11.4. The van der Waals surface area contributed by atoms with Gasteiger partial charge >= 0.3 is 5.97 Å². The van der Waals surface area contributed by atoms with E-state index >= 15 is 0 Å². The molecule has 0 amide bonds. The van der Waals surface area contributed by atoms with E-state index in [0.717, 1.165) is 72.5 Å². The Labute approximate surface area is 274 Å². The van der Waals surface area contributed by atoms with E-state index in [9.17, 15) is 9.90 Å². The summed E-state index contributed by atoms with van der Waals surface area (Å²) in [5.41, 5.74) is 5.90. The van der Waals surface area contributed by atoms with Gasteiger partial charge in [0.15, 0.2) is 0 Å². The maximum atomic E-state index is 11.3. The van der Waals surface area contributed by atoms with Gasteiger partial charge < -0.3 is 23.4 Å². The van der Waals surface area contributed by atoms with Crippen molar-refractivity contribution in [3.05, 3.63) is 154 Å². The Balaban J connectivity index is 0.000000172. The SMILES string of the molecule is COc1cccc(Cc2cc3cccc(-c4cccc(C(=O)O)c4)c3o2)c1.COc1cccc(Cc2cc3cccc(Br)c3o2)c1. The molecule has 0 aliphatic heterocycles. The van der Waals surface area contributed by atoms with Crippen LogP contribution in [0.5, 0.6) is 11.5 Å². The molecule has 7 aromatic rings. The summed E-state index contributed by atoms with van der Waals surface area (Å²) >= 11 is 3.50. The number of carboxylic acid groups (broad SMARTS) is 1. The van der Waals surface area contributed by atoms with E-state index in [4.69, 9.17) is 18.3 Å². The number of fused-ring (bicyclic) bond motifs is 2. The number of halogens is 1. The average molecular weight is 676 g/mol. The molecule has 0 bridgehead atoms. The number of para-hydroxylation sites is 2. The highest BCUT2D eigenvalue weighted by Gasteiger charge is 2.13. The van der Waals surface area contributed by atoms with Gasteiger partial charge in [-0.1, -0.05) is 66.7 Å². The van der Waals surface area contributed by atoms with Crippen LogP contribution in [-0.4, -0.2) is 25.3 Å². The lowest BCUT2D eigenvalue weighted by Crippen LogP contribution is -1.95. The third-order valence-electron chi connectivity index (χ3n) is 7.59. The molecule has 0 spiro atoms. The molecule has 0 aliphatic carbocycles. The van der Waals surface area contributed by atoms with Gasteiger partial charge in [0.2, 0.25) is 0 Å². The number of ether oxygens (including phenoxy) is 2. The lowest BCUT2D eigenvalue weighted by molar-refractivity contribution is 0.0697. The monoisotopic (exact) mass is 674 g/mol. The van der Waals surface area contributed by atoms with Crippen molar-refractivity contribution in [3.8, 4) is 22.6 Å². The Kier molecular flexibility index (Phi) is 9.22. The van der Waals surface area contributed by atoms with Gasteiger partial charge in [-0.05, 0) is 87.2 Å². The van der Waals surface area contributed by atoms with Gasteiger partial charge in [0.05, 0.1) is 24.3 Å². The van der Waals surface area contributed by atoms with Crippen molar-refractivity contribution in [2.45, 2.75) is 12.8 Å². The first-order valence-corrected chi connectivity index (χ1v) is 15.5. The van der Waals surface area contributed by atoms with Gasteiger partial charge in [-0.25, -0.2) is 4.79 Å². The summed E-state index contributed by atoms with van der Waals surface area (Å²) in [4.78, 5) is 11.3. The molecule has 1 N–H and O–H groups in total. The van der Waals surface area contributed by atoms with Gasteiger partial charge in [0, 0.05) is 29.2 Å². The predicted octanol–water partition coefficient (Wildman–Crippen LogP) is 10.2. The minimum Gasteiger partial charge on any atom is -0.497 e. The zero-order valence-corrected chi connectivity index (χ0v) is 26.9. The van der Waals surface area contributed by atoms with Gasteiger partial charge in [0.1, 0.15) is 34.2 Å². The van der Waals surface area contributed by atoms with E-state index in [1.54, 1.807) is 32.4 Å². The van der Waals surface area contributed by atoms with Gasteiger partial charge in [-0.15, -0.1) is 0 Å². The maximum Gasteiger partial charge on any atom is 0.335 e. The fraction of sp³-hybridized carbons (Fsp3) is 0.103. The summed E-state index contributed by atoms with van der Waals surface area (Å²) in [6.07, 6.45) is 1.42. The topological polar surface area (TPSA) is 82.0 Å². The molecule has 7 heteroatoms. The highest BCUT2D eigenvalue weighted by Crippen LogP contribution is 2.33. The van der Waals surface area contributed by atoms with Crippen LogP contribution in [0.2, 0.25) is 0 Å². The molecule has 230 valence electrons. The van der Waals surface area contributed by atoms with E-state index in [0.29, 0.717) is 6.42 Å². The molecular formula is C39H31BrO6. The summed E-state index contributed by atoms with van der Waals surface area (Å²) in [6, 6.07) is 38.9. The summed E-state index contributed by atoms with van der Waals surface area (Å²) in [6.45, 7) is 0. The zero-order valence-electron chi connectivity index (χ0n) is 25.3. The molecule has 0 unspecified atom stereocenters. The van der Waals surface area contributed by atoms with Crippen LogP contribution in [0.25, 0.3) is 33.1 Å². The van der Waals surface area contributed by atoms with E-state index in [1.165, 1.54) is 5.56 Å². The normalized spacial score (nSPS) is 10.8. The molecule has 5 aromatic carbocycles. The molecule has 7 rings (SSSR count). The lowest BCUT2D eigenvalue weighted by Gasteiger charge is -2.04. The number of hydrogen-bond donors (Lipinski definition) is 1. The molecule has 6 nitrogen and oxygen atoms in total. The van der Waals surface area contributed by atoms with Crippen LogP contribution < -0.4 is 9.47 Å². The number of aromatic carboxylic acids is 1. The van der Waals surface area contributed by atoms with Gasteiger partial charge in [0.25, 0.3) is 0 Å². The van der Waals surface area contributed by atoms with Crippen LogP contribution in [0.3, 0.4) is 0 Å². The fourth-order valence-corrected chi connectivity index (χ4v) is 5.85. The molecule has 0 fully saturated rings. The minimum atomic E-state index is -0.942. The fourth-order valence-electron chi connectivity index (χ4n) is 5.39. The highest BCUT2D eigenvalue weighted by molar-refractivity contribution is 9.10. The first-order chi connectivity index (χ1) is 22.4. The quantitative estimate of drug-likeness (QED) is 0.173. The average Bonchev–Trinajstić information content (AvgIpc) is 3.69. The number of carbonyl (C=O) groups is 1. The lowest BCUT2D eigenvalue weighted by atomic mass is 10.0. The van der Waals surface area contributed by atoms with Crippen LogP contribution in [0.4, 0.5) is 0 Å². The van der Waals surface area contributed by atoms with E-state index in [-0.39, 0.29) is 5.56 Å². The summed E-state index contributed by atoms with van der Waals surface area (Å²) in [7, 11) is 3.33. The van der Waals surface area contributed by atoms with Crippen molar-refractivity contribution >= 4 is 43.8 Å². The van der Waals surface area contributed by atoms with E-state index < -0.39 is 5.97 Å². The first kappa shape index (κ1) is 30.7. The number of furan rings is 2. The van der Waals surface area contributed by atoms with Crippen molar-refractivity contribution < 1.29 is 28.2 Å². The zero-order chi connectivity index (χ0) is 32.0. The second-order valence-corrected chi connectivity index (χ2v) is 11.6. The smallest absolute Gasteiger partial charge is 0.335 e. The second-order valence-electron chi connectivity index (χ2n) is 10.8. The number of hydrogen-bond acceptors (Lipinski definition) is 5. The maximum absolute atomic E-state index is 11.3. The van der Waals surface area contributed by atoms with E-state index in [2.05, 4.69) is 34.1 Å². The minimum absolute atomic E-state index is 0.257. The van der Waals surface area contributed by atoms with Crippen LogP contribution in [0.15, 0.2) is 135 Å². The van der Waals surface area contributed by atoms with Crippen LogP contribution in [0.1, 0.15) is 33.0 Å². The molecule has 0 saturated heterocycles. The standard InChI is InChI=1S/C23H18O4.C16H13BrO2/c1-26-19-9-2-5-15(11-19)12-20-14-17-7-4-10-21(22(17)27-20)16-6-3-8-18(13-16)23(24)25;1-18-13-6-2-4-11(8-13)9-14-10-12-5-3-7-15(17)16(12)19-14/h2-11,13-14H,12H2,1H3,(H,24,25);2-8,10H,9H2,1H3. The molecule has 0 aliphatic rings. The molecule has 0 saturated carbocycles. The van der Waals surface area contributed by atoms with Crippen LogP contribution in [-0.2, 0) is 12.8 Å². The third kappa shape index (κ3) is 7.00. The third-order valence-corrected chi connectivity index (χ3v) is 8.21. The molecule has 2 aromatic heterocycles. The number of benzene rings is 5. The van der Waals surface area contributed by atoms with Crippen molar-refractivity contribution in [1.82, 2.24) is 0 Å². The Bertz CT molecular complexity index is 2140. The molecule has 0 radical (unpaired) electrons. The molecule has 2 heterocycles. The molecule has 0 atom stereocenters. The Morgan fingerprint density at radius 1 is 0.652 bits per heavy atom. The largest absolute Gasteiger partial charge is 0.497 e. The Hall–Kier alpha value is -5.27. The summed E-state index contributed by atoms with van der Waals surface area (Å²) < 4.78 is 23.5. The number of carboxylic acids is 1. The first-order valence-electron chi connectivity index (χ1n) is 14.7. The van der Waals surface area contributed by atoms with Crippen molar-refractivity contribution in [2.75, 3.05) is 14.2 Å². The summed E-state index contributed by atoms with van der Waals surface area (Å²) in [5.74, 6) is 2.54. The van der Waals surface area contributed by atoms with Gasteiger partial charge in [-0.2, -0.15) is 0 Å². The van der Waals surface area contributed by atoms with Crippen molar-refractivity contribution in [3.63, 3.8) is 0 Å². The van der Waals surface area contributed by atoms with Crippen molar-refractivity contribution in [2.24, 2.45) is 0 Å².